The van der Waals surface area contributed by atoms with Crippen LogP contribution in [0.3, 0.4) is 0 Å². The minimum atomic E-state index is -2.68. The van der Waals surface area contributed by atoms with Crippen molar-refractivity contribution in [1.29, 1.82) is 0 Å². The molecular formula is C17H16F2N4O. The average Bonchev–Trinajstić information content (AvgIpc) is 2.98. The molecule has 1 aliphatic carbocycles. The molecule has 24 heavy (non-hydrogen) atoms. The van der Waals surface area contributed by atoms with E-state index in [-0.39, 0.29) is 24.3 Å². The summed E-state index contributed by atoms with van der Waals surface area (Å²) in [5.41, 5.74) is 1.82. The molecule has 0 saturated heterocycles. The third kappa shape index (κ3) is 2.54. The van der Waals surface area contributed by atoms with Crippen LogP contribution in [-0.2, 0) is 0 Å². The number of rotatable bonds is 4. The van der Waals surface area contributed by atoms with E-state index in [1.54, 1.807) is 16.9 Å². The second kappa shape index (κ2) is 5.90. The van der Waals surface area contributed by atoms with Crippen LogP contribution in [0.25, 0.3) is 22.3 Å². The van der Waals surface area contributed by atoms with Crippen molar-refractivity contribution in [1.82, 2.24) is 19.7 Å². The molecule has 0 spiro atoms. The van der Waals surface area contributed by atoms with Gasteiger partial charge in [0.05, 0.1) is 29.0 Å². The molecule has 124 valence electrons. The van der Waals surface area contributed by atoms with Gasteiger partial charge in [-0.25, -0.2) is 13.8 Å². The van der Waals surface area contributed by atoms with Crippen LogP contribution in [0.2, 0.25) is 0 Å². The number of halogens is 2. The summed E-state index contributed by atoms with van der Waals surface area (Å²) in [6, 6.07) is 7.37. The fourth-order valence-corrected chi connectivity index (χ4v) is 3.10. The molecule has 4 rings (SSSR count). The topological polar surface area (TPSA) is 63.8 Å². The fraction of sp³-hybridized carbons (Fsp3) is 0.353. The minimum Gasteiger partial charge on any atom is -0.396 e. The molecule has 1 N–H and O–H groups in total. The lowest BCUT2D eigenvalue weighted by Crippen LogP contribution is -2.29. The Morgan fingerprint density at radius 3 is 2.67 bits per heavy atom. The lowest BCUT2D eigenvalue weighted by molar-refractivity contribution is 0.102. The van der Waals surface area contributed by atoms with Crippen molar-refractivity contribution in [3.63, 3.8) is 0 Å². The Hall–Kier alpha value is -2.41. The van der Waals surface area contributed by atoms with Gasteiger partial charge >= 0.3 is 0 Å². The normalized spacial score (nSPS) is 20.5. The Labute approximate surface area is 137 Å². The largest absolute Gasteiger partial charge is 0.396 e. The maximum Gasteiger partial charge on any atom is 0.282 e. The first-order valence-electron chi connectivity index (χ1n) is 7.86. The molecule has 5 nitrogen and oxygen atoms in total. The van der Waals surface area contributed by atoms with Crippen molar-refractivity contribution in [3.8, 4) is 11.3 Å². The molecule has 1 aliphatic rings. The fourth-order valence-electron chi connectivity index (χ4n) is 3.10. The molecule has 2 heterocycles. The zero-order valence-corrected chi connectivity index (χ0v) is 12.8. The third-order valence-electron chi connectivity index (χ3n) is 4.53. The van der Waals surface area contributed by atoms with Gasteiger partial charge in [0, 0.05) is 18.4 Å². The summed E-state index contributed by atoms with van der Waals surface area (Å²) in [6.45, 7) is 0.127. The summed E-state index contributed by atoms with van der Waals surface area (Å²) in [7, 11) is 0. The van der Waals surface area contributed by atoms with Crippen molar-refractivity contribution >= 4 is 11.0 Å². The first-order chi connectivity index (χ1) is 11.7. The number of para-hydroxylation sites is 2. The molecule has 0 atom stereocenters. The quantitative estimate of drug-likeness (QED) is 0.796. The average molecular weight is 330 g/mol. The van der Waals surface area contributed by atoms with E-state index in [0.717, 1.165) is 18.4 Å². The van der Waals surface area contributed by atoms with Gasteiger partial charge < -0.3 is 5.11 Å². The molecule has 0 aliphatic heterocycles. The van der Waals surface area contributed by atoms with Crippen LogP contribution in [0.4, 0.5) is 8.78 Å². The number of hydrogen-bond acceptors (Lipinski definition) is 4. The number of benzene rings is 1. The van der Waals surface area contributed by atoms with Crippen molar-refractivity contribution in [2.75, 3.05) is 6.61 Å². The Bertz CT molecular complexity index is 874. The third-order valence-corrected chi connectivity index (χ3v) is 4.53. The van der Waals surface area contributed by atoms with Crippen molar-refractivity contribution in [3.05, 3.63) is 42.4 Å². The van der Waals surface area contributed by atoms with Crippen LogP contribution in [0, 0.1) is 5.92 Å². The second-order valence-corrected chi connectivity index (χ2v) is 6.13. The van der Waals surface area contributed by atoms with E-state index < -0.39 is 6.43 Å². The van der Waals surface area contributed by atoms with Crippen LogP contribution in [0.5, 0.6) is 0 Å². The van der Waals surface area contributed by atoms with Gasteiger partial charge in [0.1, 0.15) is 5.69 Å². The lowest BCUT2D eigenvalue weighted by atomic mass is 9.81. The Morgan fingerprint density at radius 1 is 1.21 bits per heavy atom. The Balaban J connectivity index is 1.73. The van der Waals surface area contributed by atoms with E-state index in [0.29, 0.717) is 16.8 Å². The van der Waals surface area contributed by atoms with Gasteiger partial charge in [0.25, 0.3) is 6.43 Å². The molecule has 1 aromatic carbocycles. The SMILES string of the molecule is OCC1CC(n2cc(-c3cnc4ccccc4n3)c(C(F)F)n2)C1. The number of nitrogens with zero attached hydrogens (tertiary/aromatic N) is 4. The lowest BCUT2D eigenvalue weighted by Gasteiger charge is -2.34. The van der Waals surface area contributed by atoms with Crippen molar-refractivity contribution in [2.24, 2.45) is 5.92 Å². The van der Waals surface area contributed by atoms with Gasteiger partial charge in [-0.15, -0.1) is 0 Å². The summed E-state index contributed by atoms with van der Waals surface area (Å²) >= 11 is 0. The smallest absolute Gasteiger partial charge is 0.282 e. The summed E-state index contributed by atoms with van der Waals surface area (Å²) < 4.78 is 28.4. The molecular weight excluding hydrogens is 314 g/mol. The molecule has 0 amide bonds. The zero-order valence-electron chi connectivity index (χ0n) is 12.8. The highest BCUT2D eigenvalue weighted by molar-refractivity contribution is 5.77. The molecule has 3 aromatic rings. The van der Waals surface area contributed by atoms with Crippen LogP contribution < -0.4 is 0 Å². The maximum absolute atomic E-state index is 13.4. The molecule has 0 bridgehead atoms. The predicted molar refractivity (Wildman–Crippen MR) is 84.6 cm³/mol. The Kier molecular flexibility index (Phi) is 3.72. The van der Waals surface area contributed by atoms with E-state index in [4.69, 9.17) is 5.11 Å². The van der Waals surface area contributed by atoms with Crippen LogP contribution in [0.1, 0.15) is 31.0 Å². The molecule has 1 saturated carbocycles. The van der Waals surface area contributed by atoms with Gasteiger partial charge in [-0.3, -0.25) is 9.67 Å². The summed E-state index contributed by atoms with van der Waals surface area (Å²) in [6.07, 6.45) is 1.96. The number of aliphatic hydroxyl groups excluding tert-OH is 1. The summed E-state index contributed by atoms with van der Waals surface area (Å²) in [5, 5.41) is 13.2. The number of alkyl halides is 2. The number of aliphatic hydroxyl groups is 1. The van der Waals surface area contributed by atoms with Gasteiger partial charge in [-0.1, -0.05) is 12.1 Å². The van der Waals surface area contributed by atoms with Crippen LogP contribution >= 0.6 is 0 Å². The number of fused-ring (bicyclic) bond motifs is 1. The van der Waals surface area contributed by atoms with E-state index in [1.807, 2.05) is 18.2 Å². The van der Waals surface area contributed by atoms with Crippen molar-refractivity contribution in [2.45, 2.75) is 25.3 Å². The highest BCUT2D eigenvalue weighted by atomic mass is 19.3. The predicted octanol–water partition coefficient (Wildman–Crippen LogP) is 3.37. The van der Waals surface area contributed by atoms with Gasteiger partial charge in [-0.05, 0) is 30.9 Å². The molecule has 1 fully saturated rings. The maximum atomic E-state index is 13.4. The summed E-state index contributed by atoms with van der Waals surface area (Å²) in [5.74, 6) is 0.234. The van der Waals surface area contributed by atoms with E-state index in [2.05, 4.69) is 15.1 Å². The van der Waals surface area contributed by atoms with Gasteiger partial charge in [0.2, 0.25) is 0 Å². The first kappa shape index (κ1) is 15.1. The summed E-state index contributed by atoms with van der Waals surface area (Å²) in [4.78, 5) is 8.74. The highest BCUT2D eigenvalue weighted by Gasteiger charge is 2.32. The van der Waals surface area contributed by atoms with Crippen LogP contribution in [-0.4, -0.2) is 31.5 Å². The number of aromatic nitrogens is 4. The minimum absolute atomic E-state index is 0.0572. The molecule has 0 unspecified atom stereocenters. The highest BCUT2D eigenvalue weighted by Crippen LogP contribution is 2.39. The van der Waals surface area contributed by atoms with Crippen LogP contribution in [0.15, 0.2) is 36.7 Å². The first-order valence-corrected chi connectivity index (χ1v) is 7.86. The number of hydrogen-bond donors (Lipinski definition) is 1. The van der Waals surface area contributed by atoms with Gasteiger partial charge in [-0.2, -0.15) is 5.10 Å². The zero-order chi connectivity index (χ0) is 16.7. The second-order valence-electron chi connectivity index (χ2n) is 6.13. The van der Waals surface area contributed by atoms with E-state index in [1.165, 1.54) is 6.20 Å². The molecule has 0 radical (unpaired) electrons. The van der Waals surface area contributed by atoms with E-state index in [9.17, 15) is 8.78 Å². The standard InChI is InChI=1S/C17H16F2N4O/c18-17(19)16-12(8-23(22-16)11-5-10(6-11)9-24)15-7-20-13-3-1-2-4-14(13)21-15/h1-4,7-8,10-11,17,24H,5-6,9H2. The molecule has 2 aromatic heterocycles. The Morgan fingerprint density at radius 2 is 1.96 bits per heavy atom. The van der Waals surface area contributed by atoms with E-state index >= 15 is 0 Å². The van der Waals surface area contributed by atoms with Gasteiger partial charge in [0.15, 0.2) is 0 Å². The van der Waals surface area contributed by atoms with Crippen molar-refractivity contribution < 1.29 is 13.9 Å². The molecule has 7 heteroatoms. The monoisotopic (exact) mass is 330 g/mol.